The van der Waals surface area contributed by atoms with Crippen LogP contribution in [0.25, 0.3) is 10.9 Å². The summed E-state index contributed by atoms with van der Waals surface area (Å²) in [5, 5.41) is 1.37. The van der Waals surface area contributed by atoms with Crippen LogP contribution in [0.3, 0.4) is 0 Å². The summed E-state index contributed by atoms with van der Waals surface area (Å²) in [7, 11) is 0. The predicted octanol–water partition coefficient (Wildman–Crippen LogP) is 4.71. The van der Waals surface area contributed by atoms with Gasteiger partial charge in [-0.05, 0) is 30.0 Å². The van der Waals surface area contributed by atoms with Gasteiger partial charge in [0.25, 0.3) is 0 Å². The first kappa shape index (κ1) is 11.8. The second-order valence-electron chi connectivity index (χ2n) is 3.60. The molecule has 2 rings (SSSR count). The number of hydrogen-bond donors (Lipinski definition) is 1. The monoisotopic (exact) mass is 203 g/mol. The number of aromatic nitrogens is 1. The molecule has 0 radical (unpaired) electrons. The summed E-state index contributed by atoms with van der Waals surface area (Å²) in [6, 6.07) is 8.64. The van der Waals surface area contributed by atoms with E-state index in [0.717, 1.165) is 0 Å². The standard InChI is InChI=1S/C12H15N.C2H6/c1-3-9(2)10-5-4-6-12-11(10)7-8-13-12;1-2/h4-9,13H,3H2,1-2H3;1-2H3. The summed E-state index contributed by atoms with van der Waals surface area (Å²) in [5.41, 5.74) is 2.71. The maximum absolute atomic E-state index is 3.24. The Morgan fingerprint density at radius 3 is 2.60 bits per heavy atom. The lowest BCUT2D eigenvalue weighted by Crippen LogP contribution is -1.91. The van der Waals surface area contributed by atoms with Crippen molar-refractivity contribution < 1.29 is 0 Å². The molecule has 0 fully saturated rings. The summed E-state index contributed by atoms with van der Waals surface area (Å²) >= 11 is 0. The third-order valence-corrected chi connectivity index (χ3v) is 2.77. The quantitative estimate of drug-likeness (QED) is 0.727. The van der Waals surface area contributed by atoms with Crippen LogP contribution in [0.4, 0.5) is 0 Å². The molecule has 0 saturated heterocycles. The molecular weight excluding hydrogens is 182 g/mol. The van der Waals surface area contributed by atoms with Crippen LogP contribution in [0, 0.1) is 0 Å². The molecule has 0 aliphatic heterocycles. The molecule has 0 aliphatic rings. The zero-order valence-corrected chi connectivity index (χ0v) is 10.2. The number of nitrogens with one attached hydrogen (secondary N) is 1. The zero-order chi connectivity index (χ0) is 11.3. The normalized spacial score (nSPS) is 12.0. The first-order valence-corrected chi connectivity index (χ1v) is 5.89. The van der Waals surface area contributed by atoms with Crippen LogP contribution in [-0.2, 0) is 0 Å². The van der Waals surface area contributed by atoms with E-state index in [-0.39, 0.29) is 0 Å². The van der Waals surface area contributed by atoms with E-state index in [1.807, 2.05) is 20.0 Å². The molecule has 2 aromatic rings. The molecular formula is C14H21N. The van der Waals surface area contributed by atoms with E-state index >= 15 is 0 Å². The average Bonchev–Trinajstić information content (AvgIpc) is 2.78. The van der Waals surface area contributed by atoms with E-state index in [4.69, 9.17) is 0 Å². The summed E-state index contributed by atoms with van der Waals surface area (Å²) in [4.78, 5) is 3.24. The van der Waals surface area contributed by atoms with Gasteiger partial charge in [-0.3, -0.25) is 0 Å². The Hall–Kier alpha value is -1.24. The topological polar surface area (TPSA) is 15.8 Å². The molecule has 82 valence electrons. The van der Waals surface area contributed by atoms with Crippen LogP contribution in [0.5, 0.6) is 0 Å². The largest absolute Gasteiger partial charge is 0.361 e. The van der Waals surface area contributed by atoms with Gasteiger partial charge in [0.1, 0.15) is 0 Å². The van der Waals surface area contributed by atoms with E-state index in [9.17, 15) is 0 Å². The van der Waals surface area contributed by atoms with Crippen LogP contribution in [0.1, 0.15) is 45.6 Å². The van der Waals surface area contributed by atoms with E-state index in [1.165, 1.54) is 22.9 Å². The van der Waals surface area contributed by atoms with Crippen molar-refractivity contribution in [1.82, 2.24) is 4.98 Å². The summed E-state index contributed by atoms with van der Waals surface area (Å²) in [6.45, 7) is 8.51. The van der Waals surface area contributed by atoms with Crippen molar-refractivity contribution in [1.29, 1.82) is 0 Å². The molecule has 0 aliphatic carbocycles. The molecule has 0 bridgehead atoms. The van der Waals surface area contributed by atoms with Crippen LogP contribution < -0.4 is 0 Å². The Kier molecular flexibility index (Phi) is 4.41. The molecule has 1 nitrogen and oxygen atoms in total. The Bertz CT molecular complexity index is 400. The van der Waals surface area contributed by atoms with Gasteiger partial charge in [-0.25, -0.2) is 0 Å². The first-order chi connectivity index (χ1) is 7.33. The van der Waals surface area contributed by atoms with Gasteiger partial charge in [0, 0.05) is 17.1 Å². The highest BCUT2D eigenvalue weighted by atomic mass is 14.7. The number of fused-ring (bicyclic) bond motifs is 1. The molecule has 15 heavy (non-hydrogen) atoms. The Morgan fingerprint density at radius 2 is 1.93 bits per heavy atom. The van der Waals surface area contributed by atoms with Gasteiger partial charge in [-0.2, -0.15) is 0 Å². The third-order valence-electron chi connectivity index (χ3n) is 2.77. The van der Waals surface area contributed by atoms with Gasteiger partial charge in [0.05, 0.1) is 0 Å². The van der Waals surface area contributed by atoms with Gasteiger partial charge < -0.3 is 4.98 Å². The molecule has 1 heterocycles. The molecule has 0 saturated carbocycles. The number of H-pyrrole nitrogens is 1. The van der Waals surface area contributed by atoms with Gasteiger partial charge in [-0.15, -0.1) is 0 Å². The van der Waals surface area contributed by atoms with Crippen LogP contribution in [0.2, 0.25) is 0 Å². The van der Waals surface area contributed by atoms with Gasteiger partial charge in [-0.1, -0.05) is 39.8 Å². The van der Waals surface area contributed by atoms with Crippen LogP contribution in [0.15, 0.2) is 30.5 Å². The van der Waals surface area contributed by atoms with Crippen molar-refractivity contribution in [3.63, 3.8) is 0 Å². The molecule has 1 aromatic carbocycles. The molecule has 1 atom stereocenters. The minimum atomic E-state index is 0.652. The van der Waals surface area contributed by atoms with Crippen molar-refractivity contribution in [3.05, 3.63) is 36.0 Å². The third kappa shape index (κ3) is 2.41. The highest BCUT2D eigenvalue weighted by molar-refractivity contribution is 5.83. The SMILES string of the molecule is CC.CCC(C)c1cccc2[nH]ccc12. The van der Waals surface area contributed by atoms with E-state index in [1.54, 1.807) is 0 Å². The highest BCUT2D eigenvalue weighted by Crippen LogP contribution is 2.26. The molecule has 1 N–H and O–H groups in total. The van der Waals surface area contributed by atoms with Gasteiger partial charge in [0.15, 0.2) is 0 Å². The summed E-state index contributed by atoms with van der Waals surface area (Å²) in [5.74, 6) is 0.652. The Labute approximate surface area is 92.5 Å². The smallest absolute Gasteiger partial charge is 0.0456 e. The second kappa shape index (κ2) is 5.59. The fraction of sp³-hybridized carbons (Fsp3) is 0.429. The predicted molar refractivity (Wildman–Crippen MR) is 68.4 cm³/mol. The number of hydrogen-bond acceptors (Lipinski definition) is 0. The molecule has 1 heteroatoms. The molecule has 1 unspecified atom stereocenters. The van der Waals surface area contributed by atoms with Crippen molar-refractivity contribution >= 4 is 10.9 Å². The molecule has 0 spiro atoms. The van der Waals surface area contributed by atoms with Gasteiger partial charge >= 0.3 is 0 Å². The minimum Gasteiger partial charge on any atom is -0.361 e. The number of benzene rings is 1. The van der Waals surface area contributed by atoms with Crippen molar-refractivity contribution in [2.45, 2.75) is 40.0 Å². The maximum Gasteiger partial charge on any atom is 0.0456 e. The Morgan fingerprint density at radius 1 is 1.20 bits per heavy atom. The fourth-order valence-electron chi connectivity index (χ4n) is 1.76. The van der Waals surface area contributed by atoms with Crippen LogP contribution >= 0.6 is 0 Å². The lowest BCUT2D eigenvalue weighted by molar-refractivity contribution is 0.740. The first-order valence-electron chi connectivity index (χ1n) is 5.89. The lowest BCUT2D eigenvalue weighted by atomic mass is 9.95. The second-order valence-corrected chi connectivity index (χ2v) is 3.60. The minimum absolute atomic E-state index is 0.652. The van der Waals surface area contributed by atoms with E-state index in [0.29, 0.717) is 5.92 Å². The number of aromatic amines is 1. The van der Waals surface area contributed by atoms with E-state index in [2.05, 4.69) is 43.1 Å². The highest BCUT2D eigenvalue weighted by Gasteiger charge is 2.06. The van der Waals surface area contributed by atoms with Crippen molar-refractivity contribution in [2.75, 3.05) is 0 Å². The average molecular weight is 203 g/mol. The molecule has 0 amide bonds. The molecule has 1 aromatic heterocycles. The zero-order valence-electron chi connectivity index (χ0n) is 10.2. The van der Waals surface area contributed by atoms with Crippen molar-refractivity contribution in [3.8, 4) is 0 Å². The van der Waals surface area contributed by atoms with Crippen LogP contribution in [-0.4, -0.2) is 4.98 Å². The van der Waals surface area contributed by atoms with Crippen molar-refractivity contribution in [2.24, 2.45) is 0 Å². The summed E-state index contributed by atoms with van der Waals surface area (Å²) in [6.07, 6.45) is 3.21. The lowest BCUT2D eigenvalue weighted by Gasteiger charge is -2.09. The fourth-order valence-corrected chi connectivity index (χ4v) is 1.76. The number of rotatable bonds is 2. The maximum atomic E-state index is 3.24. The Balaban J connectivity index is 0.000000531. The summed E-state index contributed by atoms with van der Waals surface area (Å²) < 4.78 is 0. The van der Waals surface area contributed by atoms with E-state index < -0.39 is 0 Å². The van der Waals surface area contributed by atoms with Gasteiger partial charge in [0.2, 0.25) is 0 Å².